The number of hydrogen-bond donors (Lipinski definition) is 1. The summed E-state index contributed by atoms with van der Waals surface area (Å²) in [6.45, 7) is 3.37. The zero-order chi connectivity index (χ0) is 12.3. The van der Waals surface area contributed by atoms with Crippen LogP contribution in [0.25, 0.3) is 10.8 Å². The third-order valence-electron chi connectivity index (χ3n) is 2.75. The fourth-order valence-electron chi connectivity index (χ4n) is 1.63. The molecule has 0 radical (unpaired) electrons. The Morgan fingerprint density at radius 1 is 1.24 bits per heavy atom. The minimum atomic E-state index is 0.369. The van der Waals surface area contributed by atoms with Crippen LogP contribution in [0.15, 0.2) is 40.9 Å². The van der Waals surface area contributed by atoms with Gasteiger partial charge in [0, 0.05) is 5.92 Å². The molecule has 1 unspecified atom stereocenters. The summed E-state index contributed by atoms with van der Waals surface area (Å²) in [7, 11) is 0. The molecule has 0 amide bonds. The van der Waals surface area contributed by atoms with Gasteiger partial charge in [-0.3, -0.25) is 0 Å². The Balaban J connectivity index is 2.26. The van der Waals surface area contributed by atoms with Gasteiger partial charge in [0.2, 0.25) is 0 Å². The van der Waals surface area contributed by atoms with Crippen LogP contribution in [0.1, 0.15) is 6.92 Å². The van der Waals surface area contributed by atoms with Crippen LogP contribution in [0.4, 0.5) is 0 Å². The summed E-state index contributed by atoms with van der Waals surface area (Å²) in [5, 5.41) is 2.38. The molecule has 0 aromatic heterocycles. The maximum absolute atomic E-state index is 5.77. The molecule has 0 aliphatic rings. The van der Waals surface area contributed by atoms with Crippen LogP contribution in [0.2, 0.25) is 0 Å². The second-order valence-electron chi connectivity index (χ2n) is 4.25. The number of benzene rings is 2. The van der Waals surface area contributed by atoms with Crippen molar-refractivity contribution in [1.29, 1.82) is 0 Å². The molecular formula is C14H16BrNO. The van der Waals surface area contributed by atoms with Crippen molar-refractivity contribution < 1.29 is 4.74 Å². The molecule has 0 fully saturated rings. The molecule has 1 atom stereocenters. The topological polar surface area (TPSA) is 35.2 Å². The molecule has 0 spiro atoms. The summed E-state index contributed by atoms with van der Waals surface area (Å²) in [6, 6.07) is 12.3. The van der Waals surface area contributed by atoms with Gasteiger partial charge in [-0.2, -0.15) is 0 Å². The van der Waals surface area contributed by atoms with Crippen molar-refractivity contribution >= 4 is 26.7 Å². The zero-order valence-corrected chi connectivity index (χ0v) is 11.4. The molecule has 2 N–H and O–H groups in total. The van der Waals surface area contributed by atoms with Gasteiger partial charge in [0.1, 0.15) is 5.75 Å². The summed E-state index contributed by atoms with van der Waals surface area (Å²) in [6.07, 6.45) is 0. The molecule has 17 heavy (non-hydrogen) atoms. The van der Waals surface area contributed by atoms with Crippen LogP contribution in [0.5, 0.6) is 5.75 Å². The van der Waals surface area contributed by atoms with Crippen molar-refractivity contribution in [3.8, 4) is 5.75 Å². The monoisotopic (exact) mass is 293 g/mol. The first kappa shape index (κ1) is 12.4. The van der Waals surface area contributed by atoms with E-state index in [1.165, 1.54) is 10.8 Å². The summed E-state index contributed by atoms with van der Waals surface area (Å²) in [5.74, 6) is 1.25. The number of nitrogens with two attached hydrogens (primary N) is 1. The molecule has 2 nitrogen and oxygen atoms in total. The standard InChI is InChI=1S/C14H16BrNO/c1-10(8-16)9-17-13-7-6-11-4-2-3-5-12(11)14(13)15/h2-7,10H,8-9,16H2,1H3. The number of hydrogen-bond acceptors (Lipinski definition) is 2. The van der Waals surface area contributed by atoms with Crippen molar-refractivity contribution in [2.45, 2.75) is 6.92 Å². The van der Waals surface area contributed by atoms with Crippen LogP contribution >= 0.6 is 15.9 Å². The molecule has 0 aliphatic heterocycles. The van der Waals surface area contributed by atoms with E-state index in [-0.39, 0.29) is 0 Å². The van der Waals surface area contributed by atoms with Gasteiger partial charge in [-0.25, -0.2) is 0 Å². The minimum Gasteiger partial charge on any atom is -0.492 e. The Morgan fingerprint density at radius 3 is 2.76 bits per heavy atom. The van der Waals surface area contributed by atoms with E-state index in [1.807, 2.05) is 18.2 Å². The number of ether oxygens (including phenoxy) is 1. The van der Waals surface area contributed by atoms with Gasteiger partial charge in [-0.05, 0) is 39.3 Å². The first-order valence-electron chi connectivity index (χ1n) is 5.72. The molecule has 0 bridgehead atoms. The van der Waals surface area contributed by atoms with Crippen LogP contribution in [-0.4, -0.2) is 13.2 Å². The maximum Gasteiger partial charge on any atom is 0.134 e. The second-order valence-corrected chi connectivity index (χ2v) is 5.04. The maximum atomic E-state index is 5.77. The van der Waals surface area contributed by atoms with Crippen LogP contribution in [0.3, 0.4) is 0 Å². The van der Waals surface area contributed by atoms with Crippen LogP contribution < -0.4 is 10.5 Å². The van der Waals surface area contributed by atoms with E-state index in [9.17, 15) is 0 Å². The van der Waals surface area contributed by atoms with Crippen molar-refractivity contribution in [3.05, 3.63) is 40.9 Å². The fraction of sp³-hybridized carbons (Fsp3) is 0.286. The molecule has 0 heterocycles. The predicted octanol–water partition coefficient (Wildman–Crippen LogP) is 3.58. The highest BCUT2D eigenvalue weighted by Gasteiger charge is 2.07. The van der Waals surface area contributed by atoms with Gasteiger partial charge >= 0.3 is 0 Å². The average Bonchev–Trinajstić information content (AvgIpc) is 2.38. The smallest absolute Gasteiger partial charge is 0.134 e. The van der Waals surface area contributed by atoms with E-state index in [2.05, 4.69) is 41.1 Å². The van der Waals surface area contributed by atoms with E-state index < -0.39 is 0 Å². The highest BCUT2D eigenvalue weighted by molar-refractivity contribution is 9.10. The van der Waals surface area contributed by atoms with Gasteiger partial charge in [0.05, 0.1) is 11.1 Å². The lowest BCUT2D eigenvalue weighted by atomic mass is 10.1. The highest BCUT2D eigenvalue weighted by Crippen LogP contribution is 2.33. The lowest BCUT2D eigenvalue weighted by Gasteiger charge is -2.13. The molecule has 90 valence electrons. The van der Waals surface area contributed by atoms with Gasteiger partial charge < -0.3 is 10.5 Å². The quantitative estimate of drug-likeness (QED) is 0.935. The minimum absolute atomic E-state index is 0.369. The van der Waals surface area contributed by atoms with Crippen LogP contribution in [0, 0.1) is 5.92 Å². The molecular weight excluding hydrogens is 278 g/mol. The van der Waals surface area contributed by atoms with Crippen molar-refractivity contribution in [3.63, 3.8) is 0 Å². The van der Waals surface area contributed by atoms with Gasteiger partial charge in [0.25, 0.3) is 0 Å². The summed E-state index contributed by atoms with van der Waals surface area (Å²) in [5.41, 5.74) is 5.57. The summed E-state index contributed by atoms with van der Waals surface area (Å²) in [4.78, 5) is 0. The van der Waals surface area contributed by atoms with Crippen LogP contribution in [-0.2, 0) is 0 Å². The molecule has 0 aliphatic carbocycles. The zero-order valence-electron chi connectivity index (χ0n) is 9.82. The van der Waals surface area contributed by atoms with E-state index in [0.29, 0.717) is 19.1 Å². The summed E-state index contributed by atoms with van der Waals surface area (Å²) < 4.78 is 6.78. The van der Waals surface area contributed by atoms with Gasteiger partial charge in [0.15, 0.2) is 0 Å². The second kappa shape index (κ2) is 5.52. The Morgan fingerprint density at radius 2 is 2.00 bits per heavy atom. The third-order valence-corrected chi connectivity index (χ3v) is 3.57. The average molecular weight is 294 g/mol. The van der Waals surface area contributed by atoms with E-state index in [4.69, 9.17) is 10.5 Å². The molecule has 3 heteroatoms. The lowest BCUT2D eigenvalue weighted by molar-refractivity contribution is 0.263. The Labute approximate surface area is 110 Å². The summed E-state index contributed by atoms with van der Waals surface area (Å²) >= 11 is 3.60. The molecule has 2 aromatic carbocycles. The first-order chi connectivity index (χ1) is 8.22. The molecule has 2 aromatic rings. The van der Waals surface area contributed by atoms with Gasteiger partial charge in [-0.15, -0.1) is 0 Å². The van der Waals surface area contributed by atoms with E-state index in [1.54, 1.807) is 0 Å². The van der Waals surface area contributed by atoms with Crippen molar-refractivity contribution in [2.75, 3.05) is 13.2 Å². The third kappa shape index (κ3) is 2.79. The fourth-order valence-corrected chi connectivity index (χ4v) is 2.23. The molecule has 0 saturated carbocycles. The van der Waals surface area contributed by atoms with Crippen molar-refractivity contribution in [2.24, 2.45) is 11.7 Å². The van der Waals surface area contributed by atoms with Crippen molar-refractivity contribution in [1.82, 2.24) is 0 Å². The highest BCUT2D eigenvalue weighted by atomic mass is 79.9. The predicted molar refractivity (Wildman–Crippen MR) is 75.4 cm³/mol. The van der Waals surface area contributed by atoms with E-state index >= 15 is 0 Å². The van der Waals surface area contributed by atoms with E-state index in [0.717, 1.165) is 10.2 Å². The van der Waals surface area contributed by atoms with Gasteiger partial charge in [-0.1, -0.05) is 37.3 Å². The number of fused-ring (bicyclic) bond motifs is 1. The lowest BCUT2D eigenvalue weighted by Crippen LogP contribution is -2.18. The molecule has 2 rings (SSSR count). The molecule has 0 saturated heterocycles. The Hall–Kier alpha value is -1.06. The SMILES string of the molecule is CC(CN)COc1ccc2ccccc2c1Br. The Bertz CT molecular complexity index is 513. The number of halogens is 1. The number of rotatable bonds is 4. The Kier molecular flexibility index (Phi) is 4.02. The largest absolute Gasteiger partial charge is 0.492 e. The normalized spacial score (nSPS) is 12.6. The first-order valence-corrected chi connectivity index (χ1v) is 6.51.